The van der Waals surface area contributed by atoms with E-state index in [2.05, 4.69) is 14.8 Å². The summed E-state index contributed by atoms with van der Waals surface area (Å²) in [6, 6.07) is 12.0. The second kappa shape index (κ2) is 7.26. The number of nitrogens with zero attached hydrogens (tertiary/aromatic N) is 3. The second-order valence-electron chi connectivity index (χ2n) is 6.90. The molecule has 1 aliphatic rings. The molecule has 0 spiro atoms. The molecule has 2 aromatic carbocycles. The van der Waals surface area contributed by atoms with E-state index in [9.17, 15) is 9.50 Å². The van der Waals surface area contributed by atoms with E-state index in [1.807, 2.05) is 25.1 Å². The number of thioether (sulfide) groups is 1. The predicted molar refractivity (Wildman–Crippen MR) is 108 cm³/mol. The molecule has 1 aromatic heterocycles. The molecule has 1 N–H and O–H groups in total. The van der Waals surface area contributed by atoms with Crippen LogP contribution in [0.4, 0.5) is 4.39 Å². The Labute approximate surface area is 166 Å². The molecule has 1 aliphatic heterocycles. The minimum absolute atomic E-state index is 0.0979. The Hall–Kier alpha value is -1.89. The Balaban J connectivity index is 1.78. The molecule has 0 radical (unpaired) electrons. The first kappa shape index (κ1) is 18.5. The lowest BCUT2D eigenvalue weighted by Crippen LogP contribution is -2.28. The maximum absolute atomic E-state index is 13.3. The molecule has 0 amide bonds. The van der Waals surface area contributed by atoms with E-state index in [0.717, 1.165) is 40.6 Å². The molecule has 3 aromatic rings. The highest BCUT2D eigenvalue weighted by molar-refractivity contribution is 8.00. The molecule has 4 nitrogen and oxygen atoms in total. The van der Waals surface area contributed by atoms with Crippen molar-refractivity contribution in [3.63, 3.8) is 0 Å². The molecule has 27 heavy (non-hydrogen) atoms. The van der Waals surface area contributed by atoms with Gasteiger partial charge in [-0.05, 0) is 30.7 Å². The number of hydrogen-bond donors (Lipinski definition) is 1. The molecule has 0 fully saturated rings. The molecule has 0 aliphatic carbocycles. The molecule has 0 saturated carbocycles. The van der Waals surface area contributed by atoms with Crippen LogP contribution in [0.2, 0.25) is 5.02 Å². The van der Waals surface area contributed by atoms with Crippen molar-refractivity contribution in [3.8, 4) is 22.5 Å². The molecule has 7 heteroatoms. The van der Waals surface area contributed by atoms with Crippen LogP contribution in [-0.4, -0.2) is 37.0 Å². The number of fused-ring (bicyclic) bond motifs is 1. The van der Waals surface area contributed by atoms with Crippen molar-refractivity contribution >= 4 is 23.4 Å². The number of hydrogen-bond acceptors (Lipinski definition) is 4. The average Bonchev–Trinajstić information content (AvgIpc) is 2.96. The van der Waals surface area contributed by atoms with E-state index in [1.165, 1.54) is 12.1 Å². The lowest BCUT2D eigenvalue weighted by atomic mass is 10.0. The summed E-state index contributed by atoms with van der Waals surface area (Å²) < 4.78 is 15.1. The standard InChI is InChI=1S/C20H19ClFN3OS/c1-20(12-26)11-17-23-24-19(25(17)9-10-27-20)16-4-2-3-15(18(16)21)13-5-7-14(22)8-6-13/h2-8,26H,9-12H2,1H3. The summed E-state index contributed by atoms with van der Waals surface area (Å²) in [6.45, 7) is 2.90. The first-order valence-corrected chi connectivity index (χ1v) is 10.1. The van der Waals surface area contributed by atoms with Gasteiger partial charge in [0, 0.05) is 34.6 Å². The minimum atomic E-state index is -0.279. The number of halogens is 2. The van der Waals surface area contributed by atoms with Crippen LogP contribution in [0, 0.1) is 5.82 Å². The molecule has 0 bridgehead atoms. The minimum Gasteiger partial charge on any atom is -0.395 e. The van der Waals surface area contributed by atoms with Gasteiger partial charge in [-0.2, -0.15) is 11.8 Å². The fourth-order valence-electron chi connectivity index (χ4n) is 3.33. The van der Waals surface area contributed by atoms with Crippen molar-refractivity contribution < 1.29 is 9.50 Å². The zero-order chi connectivity index (χ0) is 19.0. The van der Waals surface area contributed by atoms with E-state index >= 15 is 0 Å². The summed E-state index contributed by atoms with van der Waals surface area (Å²) in [5, 5.41) is 19.1. The SMILES string of the molecule is CC1(CO)Cc2nnc(-c3cccc(-c4ccc(F)cc4)c3Cl)n2CCS1. The van der Waals surface area contributed by atoms with E-state index < -0.39 is 0 Å². The smallest absolute Gasteiger partial charge is 0.165 e. The van der Waals surface area contributed by atoms with Gasteiger partial charge in [0.1, 0.15) is 11.6 Å². The lowest BCUT2D eigenvalue weighted by Gasteiger charge is -2.23. The van der Waals surface area contributed by atoms with Gasteiger partial charge in [-0.25, -0.2) is 4.39 Å². The van der Waals surface area contributed by atoms with Crippen LogP contribution in [0.25, 0.3) is 22.5 Å². The van der Waals surface area contributed by atoms with Crippen molar-refractivity contribution in [2.75, 3.05) is 12.4 Å². The molecule has 4 rings (SSSR count). The lowest BCUT2D eigenvalue weighted by molar-refractivity contribution is 0.254. The molecule has 140 valence electrons. The fraction of sp³-hybridized carbons (Fsp3) is 0.300. The van der Waals surface area contributed by atoms with Crippen molar-refractivity contribution in [3.05, 3.63) is 59.1 Å². The zero-order valence-electron chi connectivity index (χ0n) is 14.8. The number of aliphatic hydroxyl groups is 1. The van der Waals surface area contributed by atoms with Crippen molar-refractivity contribution in [2.45, 2.75) is 24.6 Å². The van der Waals surface area contributed by atoms with E-state index in [1.54, 1.807) is 23.9 Å². The molecule has 2 heterocycles. The fourth-order valence-corrected chi connectivity index (χ4v) is 4.74. The maximum atomic E-state index is 13.3. The molecular weight excluding hydrogens is 385 g/mol. The highest BCUT2D eigenvalue weighted by Gasteiger charge is 2.31. The van der Waals surface area contributed by atoms with Crippen molar-refractivity contribution in [2.24, 2.45) is 0 Å². The topological polar surface area (TPSA) is 50.9 Å². The Kier molecular flexibility index (Phi) is 4.97. The largest absolute Gasteiger partial charge is 0.395 e. The van der Waals surface area contributed by atoms with E-state index in [-0.39, 0.29) is 17.2 Å². The number of benzene rings is 2. The Morgan fingerprint density at radius 2 is 1.93 bits per heavy atom. The first-order chi connectivity index (χ1) is 13.0. The summed E-state index contributed by atoms with van der Waals surface area (Å²) >= 11 is 8.47. The van der Waals surface area contributed by atoms with Gasteiger partial charge in [-0.1, -0.05) is 35.9 Å². The number of rotatable bonds is 3. The number of aliphatic hydroxyl groups excluding tert-OH is 1. The van der Waals surface area contributed by atoms with Crippen LogP contribution in [0.1, 0.15) is 12.7 Å². The maximum Gasteiger partial charge on any atom is 0.165 e. The highest BCUT2D eigenvalue weighted by Crippen LogP contribution is 2.38. The summed E-state index contributed by atoms with van der Waals surface area (Å²) in [7, 11) is 0. The summed E-state index contributed by atoms with van der Waals surface area (Å²) in [5.41, 5.74) is 2.48. The normalized spacial score (nSPS) is 19.6. The van der Waals surface area contributed by atoms with Gasteiger partial charge in [-0.3, -0.25) is 0 Å². The molecule has 1 unspecified atom stereocenters. The van der Waals surface area contributed by atoms with E-state index in [4.69, 9.17) is 11.6 Å². The van der Waals surface area contributed by atoms with Crippen LogP contribution in [-0.2, 0) is 13.0 Å². The van der Waals surface area contributed by atoms with Gasteiger partial charge in [0.25, 0.3) is 0 Å². The van der Waals surface area contributed by atoms with Crippen molar-refractivity contribution in [1.82, 2.24) is 14.8 Å². The Bertz CT molecular complexity index is 976. The van der Waals surface area contributed by atoms with Gasteiger partial charge < -0.3 is 9.67 Å². The van der Waals surface area contributed by atoms with Crippen LogP contribution < -0.4 is 0 Å². The molecule has 0 saturated heterocycles. The number of aromatic nitrogens is 3. The van der Waals surface area contributed by atoms with Gasteiger partial charge in [0.15, 0.2) is 5.82 Å². The second-order valence-corrected chi connectivity index (χ2v) is 8.96. The summed E-state index contributed by atoms with van der Waals surface area (Å²) in [6.07, 6.45) is 0.649. The van der Waals surface area contributed by atoms with Gasteiger partial charge in [0.2, 0.25) is 0 Å². The third-order valence-corrected chi connectivity index (χ3v) is 6.62. The third kappa shape index (κ3) is 3.49. The van der Waals surface area contributed by atoms with Gasteiger partial charge in [-0.15, -0.1) is 10.2 Å². The third-order valence-electron chi connectivity index (χ3n) is 4.85. The monoisotopic (exact) mass is 403 g/mol. The van der Waals surface area contributed by atoms with Gasteiger partial charge >= 0.3 is 0 Å². The highest BCUT2D eigenvalue weighted by atomic mass is 35.5. The van der Waals surface area contributed by atoms with Crippen LogP contribution in [0.3, 0.4) is 0 Å². The van der Waals surface area contributed by atoms with E-state index in [0.29, 0.717) is 11.4 Å². The van der Waals surface area contributed by atoms with Gasteiger partial charge in [0.05, 0.1) is 11.6 Å². The van der Waals surface area contributed by atoms with Crippen LogP contribution in [0.15, 0.2) is 42.5 Å². The Morgan fingerprint density at radius 3 is 2.67 bits per heavy atom. The molecular formula is C20H19ClFN3OS. The Morgan fingerprint density at radius 1 is 1.19 bits per heavy atom. The zero-order valence-corrected chi connectivity index (χ0v) is 16.4. The quantitative estimate of drug-likeness (QED) is 0.702. The summed E-state index contributed by atoms with van der Waals surface area (Å²) in [4.78, 5) is 0. The summed E-state index contributed by atoms with van der Waals surface area (Å²) in [5.74, 6) is 2.17. The molecule has 1 atom stereocenters. The van der Waals surface area contributed by atoms with Crippen LogP contribution >= 0.6 is 23.4 Å². The van der Waals surface area contributed by atoms with Crippen molar-refractivity contribution in [1.29, 1.82) is 0 Å². The average molecular weight is 404 g/mol. The van der Waals surface area contributed by atoms with Crippen LogP contribution in [0.5, 0.6) is 0 Å². The predicted octanol–water partition coefficient (Wildman–Crippen LogP) is 4.44. The first-order valence-electron chi connectivity index (χ1n) is 8.72.